The Balaban J connectivity index is 1.15. The molecule has 2 saturated carbocycles. The number of benzene rings is 2. The molecule has 2 aliphatic carbocycles. The van der Waals surface area contributed by atoms with Crippen LogP contribution in [0.15, 0.2) is 48.7 Å². The van der Waals surface area contributed by atoms with Crippen LogP contribution in [0.1, 0.15) is 66.5 Å². The summed E-state index contributed by atoms with van der Waals surface area (Å²) in [6, 6.07) is 15.0. The van der Waals surface area contributed by atoms with Gasteiger partial charge in [-0.2, -0.15) is 0 Å². The van der Waals surface area contributed by atoms with Crippen LogP contribution < -0.4 is 9.62 Å². The highest BCUT2D eigenvalue weighted by Crippen LogP contribution is 2.43. The average Bonchev–Trinajstić information content (AvgIpc) is 3.58. The quantitative estimate of drug-likeness (QED) is 0.364. The Bertz CT molecular complexity index is 1290. The first-order valence-electron chi connectivity index (χ1n) is 12.6. The average molecular weight is 510 g/mol. The lowest BCUT2D eigenvalue weighted by Crippen LogP contribution is -2.25. The van der Waals surface area contributed by atoms with Gasteiger partial charge < -0.3 is 5.32 Å². The van der Waals surface area contributed by atoms with Gasteiger partial charge in [-0.3, -0.25) is 4.31 Å². The number of hydrogen-bond donors (Lipinski definition) is 1. The van der Waals surface area contributed by atoms with Crippen molar-refractivity contribution in [3.8, 4) is 10.4 Å². The van der Waals surface area contributed by atoms with Gasteiger partial charge in [0, 0.05) is 31.4 Å². The van der Waals surface area contributed by atoms with Crippen molar-refractivity contribution in [2.45, 2.75) is 57.3 Å². The van der Waals surface area contributed by atoms with Gasteiger partial charge in [-0.15, -0.1) is 11.3 Å². The van der Waals surface area contributed by atoms with Gasteiger partial charge in [0.2, 0.25) is 10.0 Å². The van der Waals surface area contributed by atoms with Crippen molar-refractivity contribution in [3.05, 3.63) is 64.8 Å². The molecule has 0 spiro atoms. The van der Waals surface area contributed by atoms with E-state index >= 15 is 0 Å². The first-order valence-corrected chi connectivity index (χ1v) is 15.3. The summed E-state index contributed by atoms with van der Waals surface area (Å²) < 4.78 is 25.2. The highest BCUT2D eigenvalue weighted by molar-refractivity contribution is 7.92. The number of nitrogens with zero attached hydrogens (tertiary/aromatic N) is 2. The molecule has 7 heteroatoms. The largest absolute Gasteiger partial charge is 0.385 e. The Morgan fingerprint density at radius 1 is 1.03 bits per heavy atom. The van der Waals surface area contributed by atoms with E-state index in [9.17, 15) is 8.42 Å². The molecule has 3 aromatic rings. The molecule has 1 heterocycles. The fourth-order valence-electron chi connectivity index (χ4n) is 5.15. The van der Waals surface area contributed by atoms with Crippen molar-refractivity contribution in [3.63, 3.8) is 0 Å². The molecular formula is C28H35N3O2S2. The topological polar surface area (TPSA) is 62.3 Å². The predicted molar refractivity (Wildman–Crippen MR) is 147 cm³/mol. The molecule has 5 rings (SSSR count). The van der Waals surface area contributed by atoms with E-state index in [2.05, 4.69) is 46.7 Å². The van der Waals surface area contributed by atoms with E-state index in [1.54, 1.807) is 7.05 Å². The maximum Gasteiger partial charge on any atom is 0.232 e. The van der Waals surface area contributed by atoms with Crippen molar-refractivity contribution in [1.29, 1.82) is 0 Å². The number of hydrogen-bond acceptors (Lipinski definition) is 5. The third-order valence-electron chi connectivity index (χ3n) is 7.57. The summed E-state index contributed by atoms with van der Waals surface area (Å²) in [6.07, 6.45) is 10.6. The second kappa shape index (κ2) is 9.94. The number of nitrogens with one attached hydrogen (secondary N) is 1. The predicted octanol–water partition coefficient (Wildman–Crippen LogP) is 6.78. The molecular weight excluding hydrogens is 474 g/mol. The van der Waals surface area contributed by atoms with Crippen LogP contribution in [0.3, 0.4) is 0 Å². The summed E-state index contributed by atoms with van der Waals surface area (Å²) >= 11 is 1.84. The smallest absolute Gasteiger partial charge is 0.232 e. The number of rotatable bonds is 8. The minimum Gasteiger partial charge on any atom is -0.385 e. The minimum absolute atomic E-state index is 0.554. The summed E-state index contributed by atoms with van der Waals surface area (Å²) in [5, 5.41) is 4.98. The van der Waals surface area contributed by atoms with Gasteiger partial charge in [0.25, 0.3) is 0 Å². The first kappa shape index (κ1) is 24.3. The molecule has 0 aliphatic heterocycles. The second-order valence-electron chi connectivity index (χ2n) is 10.3. The van der Waals surface area contributed by atoms with Crippen molar-refractivity contribution in [2.75, 3.05) is 29.5 Å². The van der Waals surface area contributed by atoms with Gasteiger partial charge in [0.1, 0.15) is 0 Å². The van der Waals surface area contributed by atoms with E-state index in [0.717, 1.165) is 17.8 Å². The zero-order valence-corrected chi connectivity index (χ0v) is 22.5. The van der Waals surface area contributed by atoms with E-state index in [4.69, 9.17) is 0 Å². The Labute approximate surface area is 213 Å². The van der Waals surface area contributed by atoms with E-state index in [1.165, 1.54) is 75.8 Å². The highest BCUT2D eigenvalue weighted by Gasteiger charge is 2.27. The lowest BCUT2D eigenvalue weighted by Gasteiger charge is -2.30. The second-order valence-corrected chi connectivity index (χ2v) is 13.4. The van der Waals surface area contributed by atoms with Gasteiger partial charge in [-0.25, -0.2) is 13.4 Å². The van der Waals surface area contributed by atoms with Crippen molar-refractivity contribution >= 4 is 32.7 Å². The Kier molecular flexibility index (Phi) is 6.91. The summed E-state index contributed by atoms with van der Waals surface area (Å²) in [5.41, 5.74) is 5.56. The van der Waals surface area contributed by atoms with Crippen LogP contribution in [0, 0.1) is 12.8 Å². The zero-order valence-electron chi connectivity index (χ0n) is 20.8. The number of aryl methyl sites for hydroxylation is 1. The first-order chi connectivity index (χ1) is 16.8. The molecule has 0 radical (unpaired) electrons. The van der Waals surface area contributed by atoms with Crippen LogP contribution in [-0.2, 0) is 10.0 Å². The molecule has 0 bridgehead atoms. The number of anilines is 2. The lowest BCUT2D eigenvalue weighted by atomic mass is 9.78. The maximum atomic E-state index is 11.9. The van der Waals surface area contributed by atoms with Gasteiger partial charge in [0.05, 0.1) is 21.8 Å². The molecule has 1 N–H and O–H groups in total. The van der Waals surface area contributed by atoms with Gasteiger partial charge in [-0.05, 0) is 92.2 Å². The van der Waals surface area contributed by atoms with Gasteiger partial charge in [0.15, 0.2) is 0 Å². The van der Waals surface area contributed by atoms with Crippen LogP contribution >= 0.6 is 11.3 Å². The van der Waals surface area contributed by atoms with E-state index in [1.807, 2.05) is 30.5 Å². The molecule has 5 nitrogen and oxygen atoms in total. The van der Waals surface area contributed by atoms with Crippen LogP contribution in [0.2, 0.25) is 0 Å². The zero-order chi connectivity index (χ0) is 24.6. The van der Waals surface area contributed by atoms with Crippen molar-refractivity contribution in [2.24, 2.45) is 5.92 Å². The van der Waals surface area contributed by atoms with Crippen LogP contribution in [-0.4, -0.2) is 33.2 Å². The fourth-order valence-corrected chi connectivity index (χ4v) is 6.79. The Morgan fingerprint density at radius 3 is 2.46 bits per heavy atom. The molecule has 2 fully saturated rings. The van der Waals surface area contributed by atoms with Crippen LogP contribution in [0.4, 0.5) is 11.4 Å². The molecule has 35 heavy (non-hydrogen) atoms. The third kappa shape index (κ3) is 5.72. The van der Waals surface area contributed by atoms with Crippen LogP contribution in [0.5, 0.6) is 0 Å². The van der Waals surface area contributed by atoms with Crippen molar-refractivity contribution < 1.29 is 8.42 Å². The number of sulfonamides is 1. The van der Waals surface area contributed by atoms with E-state index in [0.29, 0.717) is 17.8 Å². The summed E-state index contributed by atoms with van der Waals surface area (Å²) in [7, 11) is -1.63. The van der Waals surface area contributed by atoms with E-state index in [-0.39, 0.29) is 0 Å². The molecule has 0 atom stereocenters. The third-order valence-corrected chi connectivity index (χ3v) is 9.97. The molecule has 2 aliphatic rings. The highest BCUT2D eigenvalue weighted by atomic mass is 32.2. The molecule has 0 amide bonds. The number of thiazole rings is 1. The Morgan fingerprint density at radius 2 is 1.77 bits per heavy atom. The maximum absolute atomic E-state index is 11.9. The van der Waals surface area contributed by atoms with Crippen LogP contribution in [0.25, 0.3) is 10.4 Å². The lowest BCUT2D eigenvalue weighted by molar-refractivity contribution is 0.338. The standard InChI is InChI=1S/C28H35N3O2S2/c1-19-15-23(13-14-26(19)31(2)35(3,32)33)21-9-7-20(8-10-21)17-29-25-6-4-5-24(16-25)27-18-30-28(34-27)22-11-12-22/h4-6,13-16,18,20-22,29H,7-12,17H2,1-3H3. The summed E-state index contributed by atoms with van der Waals surface area (Å²) in [6.45, 7) is 3.01. The molecule has 2 aromatic carbocycles. The molecule has 0 saturated heterocycles. The Hall–Kier alpha value is -2.38. The SMILES string of the molecule is Cc1cc(C2CCC(CNc3cccc(-c4cnc(C5CC5)s4)c3)CC2)ccc1N(C)S(C)(=O)=O. The molecule has 186 valence electrons. The van der Waals surface area contributed by atoms with Gasteiger partial charge >= 0.3 is 0 Å². The monoisotopic (exact) mass is 509 g/mol. The minimum atomic E-state index is -3.25. The summed E-state index contributed by atoms with van der Waals surface area (Å²) in [4.78, 5) is 5.90. The number of aromatic nitrogens is 1. The normalized spacial score (nSPS) is 20.5. The molecule has 1 aromatic heterocycles. The van der Waals surface area contributed by atoms with Gasteiger partial charge in [-0.1, -0.05) is 24.3 Å². The fraction of sp³-hybridized carbons (Fsp3) is 0.464. The molecule has 0 unspecified atom stereocenters. The summed E-state index contributed by atoms with van der Waals surface area (Å²) in [5.74, 6) is 1.94. The van der Waals surface area contributed by atoms with Crippen molar-refractivity contribution in [1.82, 2.24) is 4.98 Å². The van der Waals surface area contributed by atoms with E-state index < -0.39 is 10.0 Å².